The van der Waals surface area contributed by atoms with E-state index in [1.54, 1.807) is 18.9 Å². The smallest absolute Gasteiger partial charge is 0.325 e. The van der Waals surface area contributed by atoms with Crippen molar-refractivity contribution in [3.63, 3.8) is 0 Å². The number of nitrogens with one attached hydrogen (secondary N) is 1. The highest BCUT2D eigenvalue weighted by Gasteiger charge is 2.37. The van der Waals surface area contributed by atoms with Crippen molar-refractivity contribution in [2.75, 3.05) is 27.7 Å². The summed E-state index contributed by atoms with van der Waals surface area (Å²) in [6, 6.07) is 0. The normalized spacial score (nSPS) is 17.6. The zero-order valence-electron chi connectivity index (χ0n) is 13.0. The summed E-state index contributed by atoms with van der Waals surface area (Å²) in [6.45, 7) is 1.91. The number of carboxylic acids is 1. The molecule has 0 spiro atoms. The average molecular weight is 289 g/mol. The van der Waals surface area contributed by atoms with Crippen LogP contribution in [0.4, 0.5) is 0 Å². The highest BCUT2D eigenvalue weighted by Crippen LogP contribution is 2.15. The third kappa shape index (κ3) is 5.76. The van der Waals surface area contributed by atoms with Crippen LogP contribution < -0.4 is 11.1 Å². The van der Waals surface area contributed by atoms with E-state index in [0.29, 0.717) is 19.2 Å². The van der Waals surface area contributed by atoms with Crippen molar-refractivity contribution in [3.05, 3.63) is 0 Å². The van der Waals surface area contributed by atoms with Crippen LogP contribution in [0, 0.1) is 0 Å². The van der Waals surface area contributed by atoms with Crippen LogP contribution in [0.3, 0.4) is 0 Å². The first kappa shape index (κ1) is 19.3. The Morgan fingerprint density at radius 2 is 2.05 bits per heavy atom. The fourth-order valence-corrected chi connectivity index (χ4v) is 1.73. The Morgan fingerprint density at radius 3 is 2.45 bits per heavy atom. The van der Waals surface area contributed by atoms with Crippen molar-refractivity contribution in [1.82, 2.24) is 10.2 Å². The molecule has 5 N–H and O–H groups in total. The van der Waals surface area contributed by atoms with E-state index in [1.807, 2.05) is 14.1 Å². The standard InChI is InChI=1S/C12H28BN3O4/c1-11(20-4,16(2)3)15-9-12(14,10(17)18)7-5-6-8-13-19/h13,15,19H,5-9,14H2,1-4H3,(H,17,18). The molecule has 0 saturated heterocycles. The summed E-state index contributed by atoms with van der Waals surface area (Å²) in [5, 5.41) is 21.1. The van der Waals surface area contributed by atoms with Gasteiger partial charge in [0.25, 0.3) is 7.48 Å². The van der Waals surface area contributed by atoms with Crippen molar-refractivity contribution >= 4 is 13.5 Å². The molecule has 0 aliphatic heterocycles. The molecule has 8 heteroatoms. The second-order valence-electron chi connectivity index (χ2n) is 5.43. The maximum absolute atomic E-state index is 11.4. The van der Waals surface area contributed by atoms with Crippen LogP contribution in [-0.4, -0.2) is 67.6 Å². The zero-order valence-corrected chi connectivity index (χ0v) is 13.0. The molecule has 0 heterocycles. The molecule has 0 aromatic carbocycles. The number of rotatable bonds is 11. The zero-order chi connectivity index (χ0) is 15.8. The maximum Gasteiger partial charge on any atom is 0.325 e. The molecule has 0 saturated carbocycles. The molecule has 0 aliphatic rings. The van der Waals surface area contributed by atoms with Crippen molar-refractivity contribution in [3.8, 4) is 0 Å². The SMILES string of the molecule is COC(C)(NCC(N)(CCCCBO)C(=O)O)N(C)C. The van der Waals surface area contributed by atoms with Gasteiger partial charge in [0, 0.05) is 13.7 Å². The van der Waals surface area contributed by atoms with E-state index in [0.717, 1.165) is 6.42 Å². The summed E-state index contributed by atoms with van der Waals surface area (Å²) in [7, 11) is 5.33. The van der Waals surface area contributed by atoms with E-state index < -0.39 is 17.4 Å². The molecule has 0 aromatic rings. The van der Waals surface area contributed by atoms with Crippen LogP contribution in [0.1, 0.15) is 26.2 Å². The second kappa shape index (κ2) is 8.58. The largest absolute Gasteiger partial charge is 0.480 e. The molecular weight excluding hydrogens is 261 g/mol. The van der Waals surface area contributed by atoms with Gasteiger partial charge in [-0.1, -0.05) is 19.2 Å². The van der Waals surface area contributed by atoms with Crippen LogP contribution >= 0.6 is 0 Å². The predicted molar refractivity (Wildman–Crippen MR) is 79.7 cm³/mol. The van der Waals surface area contributed by atoms with E-state index in [1.165, 1.54) is 0 Å². The Balaban J connectivity index is 4.56. The summed E-state index contributed by atoms with van der Waals surface area (Å²) < 4.78 is 5.35. The summed E-state index contributed by atoms with van der Waals surface area (Å²) in [6.07, 6.45) is 2.44. The van der Waals surface area contributed by atoms with Crippen LogP contribution in [0.5, 0.6) is 0 Å². The number of nitrogens with two attached hydrogens (primary N) is 1. The van der Waals surface area contributed by atoms with Gasteiger partial charge in [-0.05, 0) is 27.4 Å². The molecule has 7 nitrogen and oxygen atoms in total. The van der Waals surface area contributed by atoms with Crippen LogP contribution in [0.2, 0.25) is 6.32 Å². The summed E-state index contributed by atoms with van der Waals surface area (Å²) in [4.78, 5) is 13.2. The van der Waals surface area contributed by atoms with Gasteiger partial charge in [0.15, 0.2) is 5.85 Å². The molecule has 0 bridgehead atoms. The minimum absolute atomic E-state index is 0.101. The summed E-state index contributed by atoms with van der Waals surface area (Å²) in [5.41, 5.74) is 4.64. The topological polar surface area (TPSA) is 108 Å². The van der Waals surface area contributed by atoms with Crippen LogP contribution in [0.15, 0.2) is 0 Å². The van der Waals surface area contributed by atoms with E-state index in [-0.39, 0.29) is 14.0 Å². The number of carboxylic acid groups (broad SMARTS) is 1. The maximum atomic E-state index is 11.4. The number of nitrogens with zero attached hydrogens (tertiary/aromatic N) is 1. The monoisotopic (exact) mass is 289 g/mol. The Hall–Kier alpha value is -0.665. The lowest BCUT2D eigenvalue weighted by atomic mass is 9.88. The predicted octanol–water partition coefficient (Wildman–Crippen LogP) is -0.828. The number of unbranched alkanes of at least 4 members (excludes halogenated alkanes) is 1. The van der Waals surface area contributed by atoms with Gasteiger partial charge in [-0.15, -0.1) is 0 Å². The number of hydrogen-bond acceptors (Lipinski definition) is 6. The minimum Gasteiger partial charge on any atom is -0.480 e. The van der Waals surface area contributed by atoms with Gasteiger partial charge in [-0.3, -0.25) is 15.0 Å². The van der Waals surface area contributed by atoms with Crippen molar-refractivity contribution in [2.45, 2.75) is 43.9 Å². The highest BCUT2D eigenvalue weighted by molar-refractivity contribution is 6.25. The van der Waals surface area contributed by atoms with Crippen LogP contribution in [0.25, 0.3) is 0 Å². The molecule has 0 aliphatic carbocycles. The van der Waals surface area contributed by atoms with Gasteiger partial charge < -0.3 is 20.6 Å². The first-order valence-corrected chi connectivity index (χ1v) is 6.82. The van der Waals surface area contributed by atoms with Gasteiger partial charge in [0.1, 0.15) is 5.54 Å². The Kier molecular flexibility index (Phi) is 8.30. The molecule has 0 fully saturated rings. The van der Waals surface area contributed by atoms with Gasteiger partial charge in [-0.25, -0.2) is 0 Å². The quantitative estimate of drug-likeness (QED) is 0.223. The fraction of sp³-hybridized carbons (Fsp3) is 0.917. The molecule has 0 amide bonds. The van der Waals surface area contributed by atoms with E-state index >= 15 is 0 Å². The van der Waals surface area contributed by atoms with E-state index in [2.05, 4.69) is 5.32 Å². The number of carbonyl (C=O) groups is 1. The molecule has 0 radical (unpaired) electrons. The van der Waals surface area contributed by atoms with Gasteiger partial charge in [0.2, 0.25) is 0 Å². The number of aliphatic carboxylic acids is 1. The molecule has 2 unspecified atom stereocenters. The number of methoxy groups -OCH3 is 1. The molecule has 0 rings (SSSR count). The highest BCUT2D eigenvalue weighted by atomic mass is 16.5. The Morgan fingerprint density at radius 1 is 1.45 bits per heavy atom. The van der Waals surface area contributed by atoms with Crippen molar-refractivity contribution < 1.29 is 19.7 Å². The second-order valence-corrected chi connectivity index (χ2v) is 5.43. The molecule has 2 atom stereocenters. The molecule has 118 valence electrons. The first-order chi connectivity index (χ1) is 9.22. The third-order valence-electron chi connectivity index (χ3n) is 3.69. The summed E-state index contributed by atoms with van der Waals surface area (Å²) in [5.74, 6) is -1.81. The molecular formula is C12H28BN3O4. The number of ether oxygens (including phenoxy) is 1. The van der Waals surface area contributed by atoms with Gasteiger partial charge in [-0.2, -0.15) is 0 Å². The third-order valence-corrected chi connectivity index (χ3v) is 3.69. The minimum atomic E-state index is -1.34. The lowest BCUT2D eigenvalue weighted by Crippen LogP contribution is -2.63. The molecule has 20 heavy (non-hydrogen) atoms. The van der Waals surface area contributed by atoms with Gasteiger partial charge in [0.05, 0.1) is 0 Å². The van der Waals surface area contributed by atoms with Crippen molar-refractivity contribution in [2.24, 2.45) is 5.73 Å². The average Bonchev–Trinajstić information content (AvgIpc) is 2.40. The van der Waals surface area contributed by atoms with E-state index in [9.17, 15) is 9.90 Å². The van der Waals surface area contributed by atoms with Crippen molar-refractivity contribution in [1.29, 1.82) is 0 Å². The fourth-order valence-electron chi connectivity index (χ4n) is 1.73. The summed E-state index contributed by atoms with van der Waals surface area (Å²) >= 11 is 0. The lowest BCUT2D eigenvalue weighted by molar-refractivity contribution is -0.148. The molecule has 0 aromatic heterocycles. The van der Waals surface area contributed by atoms with Gasteiger partial charge >= 0.3 is 5.97 Å². The number of hydrogen-bond donors (Lipinski definition) is 4. The van der Waals surface area contributed by atoms with Crippen LogP contribution in [-0.2, 0) is 9.53 Å². The first-order valence-electron chi connectivity index (χ1n) is 6.82. The van der Waals surface area contributed by atoms with E-state index in [4.69, 9.17) is 15.5 Å². The Labute approximate surface area is 121 Å². The Bertz CT molecular complexity index is 306. The lowest BCUT2D eigenvalue weighted by Gasteiger charge is -2.38.